The molecule has 3 nitrogen and oxygen atoms in total. The highest BCUT2D eigenvalue weighted by Crippen LogP contribution is 2.19. The maximum absolute atomic E-state index is 11.6. The minimum atomic E-state index is -1.01. The molecule has 0 aromatic carbocycles. The highest BCUT2D eigenvalue weighted by Gasteiger charge is 2.31. The molecule has 0 bridgehead atoms. The quantitative estimate of drug-likeness (QED) is 0.393. The third kappa shape index (κ3) is 5.15. The van der Waals surface area contributed by atoms with Crippen molar-refractivity contribution in [2.45, 2.75) is 39.5 Å². The van der Waals surface area contributed by atoms with Crippen LogP contribution in [0.3, 0.4) is 0 Å². The minimum absolute atomic E-state index is 0.288. The standard InChI is InChI=1S/C13H22O3/c1-4-6-7-8-10-16-12(15)13(3,11-14)9-5-2/h9,14H,2,4,6-8,10-11H2,1,3H3. The van der Waals surface area contributed by atoms with E-state index in [1.54, 1.807) is 6.92 Å². The summed E-state index contributed by atoms with van der Waals surface area (Å²) in [6.07, 6.45) is 5.69. The zero-order valence-corrected chi connectivity index (χ0v) is 10.3. The van der Waals surface area contributed by atoms with E-state index in [4.69, 9.17) is 9.84 Å². The molecule has 0 saturated carbocycles. The van der Waals surface area contributed by atoms with Crippen LogP contribution in [0.1, 0.15) is 39.5 Å². The Balaban J connectivity index is 3.99. The van der Waals surface area contributed by atoms with Gasteiger partial charge in [-0.3, -0.25) is 4.79 Å². The molecule has 3 heteroatoms. The second-order valence-electron chi connectivity index (χ2n) is 4.12. The van der Waals surface area contributed by atoms with Gasteiger partial charge in [-0.2, -0.15) is 0 Å². The number of esters is 1. The van der Waals surface area contributed by atoms with Crippen LogP contribution in [-0.2, 0) is 9.53 Å². The lowest BCUT2D eigenvalue weighted by Gasteiger charge is -2.20. The maximum Gasteiger partial charge on any atom is 0.318 e. The zero-order chi connectivity index (χ0) is 12.4. The lowest BCUT2D eigenvalue weighted by molar-refractivity contribution is -0.154. The summed E-state index contributed by atoms with van der Waals surface area (Å²) in [6.45, 7) is 7.26. The molecule has 1 N–H and O–H groups in total. The molecule has 1 atom stereocenters. The molecule has 0 aromatic rings. The molecule has 0 saturated heterocycles. The zero-order valence-electron chi connectivity index (χ0n) is 10.3. The highest BCUT2D eigenvalue weighted by atomic mass is 16.5. The predicted octanol–water partition coefficient (Wildman–Crippen LogP) is 2.45. The van der Waals surface area contributed by atoms with Gasteiger partial charge >= 0.3 is 5.97 Å². The monoisotopic (exact) mass is 226 g/mol. The Morgan fingerprint density at radius 2 is 2.19 bits per heavy atom. The Bertz CT molecular complexity index is 254. The van der Waals surface area contributed by atoms with E-state index in [9.17, 15) is 4.79 Å². The summed E-state index contributed by atoms with van der Waals surface area (Å²) in [7, 11) is 0. The number of carbonyl (C=O) groups excluding carboxylic acids is 1. The van der Waals surface area contributed by atoms with Crippen molar-refractivity contribution >= 4 is 5.97 Å². The van der Waals surface area contributed by atoms with Gasteiger partial charge < -0.3 is 9.84 Å². The molecule has 0 radical (unpaired) electrons. The van der Waals surface area contributed by atoms with Gasteiger partial charge in [0.2, 0.25) is 0 Å². The van der Waals surface area contributed by atoms with Gasteiger partial charge in [0.15, 0.2) is 0 Å². The summed E-state index contributed by atoms with van der Waals surface area (Å²) < 4.78 is 5.10. The van der Waals surface area contributed by atoms with Gasteiger partial charge in [0.25, 0.3) is 0 Å². The third-order valence-electron chi connectivity index (χ3n) is 2.45. The number of rotatable bonds is 8. The van der Waals surface area contributed by atoms with Crippen LogP contribution in [-0.4, -0.2) is 24.3 Å². The first-order valence-corrected chi connectivity index (χ1v) is 5.75. The summed E-state index contributed by atoms with van der Waals surface area (Å²) >= 11 is 0. The van der Waals surface area contributed by atoms with E-state index in [-0.39, 0.29) is 6.61 Å². The van der Waals surface area contributed by atoms with E-state index in [0.29, 0.717) is 6.61 Å². The summed E-state index contributed by atoms with van der Waals surface area (Å²) in [5.41, 5.74) is 1.51. The number of hydrogen-bond acceptors (Lipinski definition) is 3. The highest BCUT2D eigenvalue weighted by molar-refractivity contribution is 5.78. The first kappa shape index (κ1) is 14.9. The van der Waals surface area contributed by atoms with Crippen LogP contribution in [0.25, 0.3) is 0 Å². The van der Waals surface area contributed by atoms with Crippen LogP contribution in [0, 0.1) is 5.41 Å². The summed E-state index contributed by atoms with van der Waals surface area (Å²) in [5, 5.41) is 9.13. The molecule has 0 rings (SSSR count). The van der Waals surface area contributed by atoms with Gasteiger partial charge in [-0.25, -0.2) is 0 Å². The van der Waals surface area contributed by atoms with Crippen molar-refractivity contribution in [2.75, 3.05) is 13.2 Å². The molecule has 0 amide bonds. The number of ether oxygens (including phenoxy) is 1. The first-order valence-electron chi connectivity index (χ1n) is 5.75. The molecule has 0 heterocycles. The molecule has 1 unspecified atom stereocenters. The summed E-state index contributed by atoms with van der Waals surface area (Å²) in [5.74, 6) is -0.414. The summed E-state index contributed by atoms with van der Waals surface area (Å²) in [4.78, 5) is 11.6. The second kappa shape index (κ2) is 8.14. The largest absolute Gasteiger partial charge is 0.465 e. The molecular weight excluding hydrogens is 204 g/mol. The maximum atomic E-state index is 11.6. The van der Waals surface area contributed by atoms with Crippen molar-refractivity contribution in [2.24, 2.45) is 5.41 Å². The average Bonchev–Trinajstić information content (AvgIpc) is 2.28. The fourth-order valence-electron chi connectivity index (χ4n) is 1.25. The first-order chi connectivity index (χ1) is 7.60. The van der Waals surface area contributed by atoms with E-state index >= 15 is 0 Å². The number of aliphatic hydroxyl groups excluding tert-OH is 1. The van der Waals surface area contributed by atoms with Crippen molar-refractivity contribution in [3.63, 3.8) is 0 Å². The number of unbranched alkanes of at least 4 members (excludes halogenated alkanes) is 3. The van der Waals surface area contributed by atoms with Crippen molar-refractivity contribution < 1.29 is 14.6 Å². The topological polar surface area (TPSA) is 46.5 Å². The number of carbonyl (C=O) groups is 1. The number of hydrogen-bond donors (Lipinski definition) is 1. The second-order valence-corrected chi connectivity index (χ2v) is 4.12. The third-order valence-corrected chi connectivity index (χ3v) is 2.45. The van der Waals surface area contributed by atoms with Gasteiger partial charge in [-0.05, 0) is 19.4 Å². The minimum Gasteiger partial charge on any atom is -0.465 e. The SMILES string of the molecule is C=C=CC(C)(CO)C(=O)OCCCCCC. The fourth-order valence-corrected chi connectivity index (χ4v) is 1.25. The predicted molar refractivity (Wildman–Crippen MR) is 64.0 cm³/mol. The molecule has 92 valence electrons. The average molecular weight is 226 g/mol. The Morgan fingerprint density at radius 1 is 1.50 bits per heavy atom. The molecule has 0 aromatic heterocycles. The van der Waals surface area contributed by atoms with Crippen LogP contribution in [0.4, 0.5) is 0 Å². The van der Waals surface area contributed by atoms with Gasteiger partial charge in [0.05, 0.1) is 13.2 Å². The van der Waals surface area contributed by atoms with Gasteiger partial charge in [-0.1, -0.05) is 32.8 Å². The molecule has 0 fully saturated rings. The summed E-state index contributed by atoms with van der Waals surface area (Å²) in [6, 6.07) is 0. The van der Waals surface area contributed by atoms with E-state index in [1.165, 1.54) is 6.08 Å². The van der Waals surface area contributed by atoms with Crippen molar-refractivity contribution in [3.05, 3.63) is 18.4 Å². The Labute approximate surface area is 97.8 Å². The van der Waals surface area contributed by atoms with Crippen LogP contribution >= 0.6 is 0 Å². The van der Waals surface area contributed by atoms with E-state index in [2.05, 4.69) is 19.2 Å². The van der Waals surface area contributed by atoms with E-state index < -0.39 is 11.4 Å². The van der Waals surface area contributed by atoms with Crippen molar-refractivity contribution in [1.82, 2.24) is 0 Å². The Morgan fingerprint density at radius 3 is 2.69 bits per heavy atom. The lowest BCUT2D eigenvalue weighted by Crippen LogP contribution is -2.31. The van der Waals surface area contributed by atoms with Gasteiger partial charge in [0, 0.05) is 0 Å². The Hall–Kier alpha value is -1.05. The molecule has 0 aliphatic carbocycles. The molecule has 0 spiro atoms. The van der Waals surface area contributed by atoms with Crippen LogP contribution in [0.5, 0.6) is 0 Å². The Kier molecular flexibility index (Phi) is 7.61. The van der Waals surface area contributed by atoms with Gasteiger partial charge in [-0.15, -0.1) is 5.73 Å². The van der Waals surface area contributed by atoms with Crippen LogP contribution < -0.4 is 0 Å². The molecular formula is C13H22O3. The lowest BCUT2D eigenvalue weighted by atomic mass is 9.92. The van der Waals surface area contributed by atoms with Crippen molar-refractivity contribution in [1.29, 1.82) is 0 Å². The van der Waals surface area contributed by atoms with E-state index in [0.717, 1.165) is 25.7 Å². The van der Waals surface area contributed by atoms with Gasteiger partial charge in [0.1, 0.15) is 5.41 Å². The van der Waals surface area contributed by atoms with Crippen molar-refractivity contribution in [3.8, 4) is 0 Å². The molecule has 0 aliphatic heterocycles. The number of aliphatic hydroxyl groups is 1. The van der Waals surface area contributed by atoms with Crippen LogP contribution in [0.2, 0.25) is 0 Å². The van der Waals surface area contributed by atoms with E-state index in [1.807, 2.05) is 0 Å². The normalized spacial score (nSPS) is 13.7. The fraction of sp³-hybridized carbons (Fsp3) is 0.692. The smallest absolute Gasteiger partial charge is 0.318 e. The molecule has 16 heavy (non-hydrogen) atoms. The van der Waals surface area contributed by atoms with Crippen LogP contribution in [0.15, 0.2) is 18.4 Å². The molecule has 0 aliphatic rings.